The van der Waals surface area contributed by atoms with Gasteiger partial charge in [-0.2, -0.15) is 0 Å². The number of hydrogen-bond acceptors (Lipinski definition) is 2. The SMILES string of the molecule is O=C([O-])N1CC2C=CC1C2.[K+]. The van der Waals surface area contributed by atoms with Crippen molar-refractivity contribution >= 4 is 6.09 Å². The van der Waals surface area contributed by atoms with Crippen LogP contribution < -0.4 is 56.5 Å². The normalized spacial score (nSPS) is 32.2. The maximum absolute atomic E-state index is 10.4. The molecule has 1 aliphatic heterocycles. The molecule has 1 saturated heterocycles. The van der Waals surface area contributed by atoms with Gasteiger partial charge in [-0.05, 0) is 12.3 Å². The van der Waals surface area contributed by atoms with Gasteiger partial charge in [-0.3, -0.25) is 0 Å². The van der Waals surface area contributed by atoms with Crippen LogP contribution >= 0.6 is 0 Å². The summed E-state index contributed by atoms with van der Waals surface area (Å²) in [5, 5.41) is 10.4. The summed E-state index contributed by atoms with van der Waals surface area (Å²) in [6.45, 7) is 0.642. The molecule has 0 spiro atoms. The van der Waals surface area contributed by atoms with Crippen LogP contribution in [0.4, 0.5) is 4.79 Å². The zero-order chi connectivity index (χ0) is 7.14. The van der Waals surface area contributed by atoms with E-state index < -0.39 is 6.09 Å². The second-order valence-corrected chi connectivity index (χ2v) is 2.87. The average molecular weight is 177 g/mol. The molecule has 54 valence electrons. The van der Waals surface area contributed by atoms with E-state index in [4.69, 9.17) is 0 Å². The first kappa shape index (κ1) is 9.73. The summed E-state index contributed by atoms with van der Waals surface area (Å²) in [6, 6.07) is 0.120. The van der Waals surface area contributed by atoms with Crippen molar-refractivity contribution in [1.29, 1.82) is 0 Å². The molecule has 2 aliphatic rings. The minimum Gasteiger partial charge on any atom is -0.530 e. The largest absolute Gasteiger partial charge is 1.00 e. The Morgan fingerprint density at radius 1 is 1.55 bits per heavy atom. The molecule has 1 aliphatic carbocycles. The first-order valence-corrected chi connectivity index (χ1v) is 3.43. The maximum atomic E-state index is 10.4. The molecule has 2 rings (SSSR count). The summed E-state index contributed by atoms with van der Waals surface area (Å²) in [4.78, 5) is 11.8. The van der Waals surface area contributed by atoms with E-state index in [1.165, 1.54) is 4.90 Å². The van der Waals surface area contributed by atoms with Gasteiger partial charge in [0.2, 0.25) is 0 Å². The smallest absolute Gasteiger partial charge is 0.530 e. The molecule has 2 atom stereocenters. The number of rotatable bonds is 0. The van der Waals surface area contributed by atoms with Crippen LogP contribution in [0.3, 0.4) is 0 Å². The number of nitrogens with zero attached hydrogens (tertiary/aromatic N) is 1. The Kier molecular flexibility index (Phi) is 3.16. The molecule has 0 aromatic heterocycles. The van der Waals surface area contributed by atoms with E-state index in [9.17, 15) is 9.90 Å². The Balaban J connectivity index is 0.000000605. The molecule has 0 radical (unpaired) electrons. The van der Waals surface area contributed by atoms with E-state index in [0.29, 0.717) is 12.5 Å². The molecule has 0 aromatic carbocycles. The minimum atomic E-state index is -1.03. The third kappa shape index (κ3) is 1.70. The van der Waals surface area contributed by atoms with Crippen LogP contribution in [0, 0.1) is 5.92 Å². The number of carboxylic acid groups (broad SMARTS) is 1. The quantitative estimate of drug-likeness (QED) is 0.286. The van der Waals surface area contributed by atoms with Crippen LogP contribution in [0.25, 0.3) is 0 Å². The van der Waals surface area contributed by atoms with Crippen LogP contribution in [0.5, 0.6) is 0 Å². The number of likely N-dealkylation sites (tertiary alicyclic amines) is 1. The minimum absolute atomic E-state index is 0. The van der Waals surface area contributed by atoms with Gasteiger partial charge in [0.15, 0.2) is 0 Å². The Morgan fingerprint density at radius 2 is 2.27 bits per heavy atom. The van der Waals surface area contributed by atoms with Crippen LogP contribution in [0.1, 0.15) is 6.42 Å². The number of hydrogen-bond donors (Lipinski definition) is 0. The second-order valence-electron chi connectivity index (χ2n) is 2.87. The summed E-state index contributed by atoms with van der Waals surface area (Å²) in [7, 11) is 0. The zero-order valence-electron chi connectivity index (χ0n) is 6.49. The Morgan fingerprint density at radius 3 is 2.55 bits per heavy atom. The molecule has 3 nitrogen and oxygen atoms in total. The molecule has 0 saturated carbocycles. The van der Waals surface area contributed by atoms with Gasteiger partial charge in [0.05, 0.1) is 0 Å². The Hall–Kier alpha value is 0.646. The molecular formula is C7H8KNO2. The van der Waals surface area contributed by atoms with E-state index >= 15 is 0 Å². The summed E-state index contributed by atoms with van der Waals surface area (Å²) >= 11 is 0. The predicted molar refractivity (Wildman–Crippen MR) is 33.1 cm³/mol. The van der Waals surface area contributed by atoms with Crippen molar-refractivity contribution in [3.05, 3.63) is 12.2 Å². The number of amides is 1. The molecule has 0 aromatic rings. The van der Waals surface area contributed by atoms with E-state index in [-0.39, 0.29) is 57.4 Å². The molecule has 1 fully saturated rings. The van der Waals surface area contributed by atoms with Crippen molar-refractivity contribution in [1.82, 2.24) is 4.90 Å². The van der Waals surface area contributed by atoms with Gasteiger partial charge in [0, 0.05) is 12.6 Å². The number of carbonyl (C=O) groups is 1. The van der Waals surface area contributed by atoms with Gasteiger partial charge >= 0.3 is 51.4 Å². The molecule has 4 heteroatoms. The van der Waals surface area contributed by atoms with Gasteiger partial charge in [-0.1, -0.05) is 12.2 Å². The molecule has 0 N–H and O–H groups in total. The van der Waals surface area contributed by atoms with E-state index in [0.717, 1.165) is 6.42 Å². The third-order valence-corrected chi connectivity index (χ3v) is 2.22. The average Bonchev–Trinajstić information content (AvgIpc) is 2.44. The molecular weight excluding hydrogens is 169 g/mol. The molecule has 1 amide bonds. The van der Waals surface area contributed by atoms with Crippen molar-refractivity contribution in [2.75, 3.05) is 6.54 Å². The van der Waals surface area contributed by atoms with Gasteiger partial charge in [0.25, 0.3) is 0 Å². The zero-order valence-corrected chi connectivity index (χ0v) is 9.61. The summed E-state index contributed by atoms with van der Waals surface area (Å²) in [6.07, 6.45) is 3.97. The van der Waals surface area contributed by atoms with Crippen LogP contribution in [0.2, 0.25) is 0 Å². The number of fused-ring (bicyclic) bond motifs is 2. The fraction of sp³-hybridized carbons (Fsp3) is 0.571. The maximum Gasteiger partial charge on any atom is 1.00 e. The predicted octanol–water partition coefficient (Wildman–Crippen LogP) is -3.41. The van der Waals surface area contributed by atoms with Crippen LogP contribution in [-0.4, -0.2) is 23.6 Å². The van der Waals surface area contributed by atoms with Crippen molar-refractivity contribution in [3.63, 3.8) is 0 Å². The fourth-order valence-electron chi connectivity index (χ4n) is 1.72. The van der Waals surface area contributed by atoms with Crippen molar-refractivity contribution in [2.45, 2.75) is 12.5 Å². The van der Waals surface area contributed by atoms with Gasteiger partial charge in [0.1, 0.15) is 6.09 Å². The van der Waals surface area contributed by atoms with Gasteiger partial charge < -0.3 is 14.8 Å². The van der Waals surface area contributed by atoms with Crippen LogP contribution in [0.15, 0.2) is 12.2 Å². The van der Waals surface area contributed by atoms with Gasteiger partial charge in [-0.15, -0.1) is 0 Å². The van der Waals surface area contributed by atoms with Crippen molar-refractivity contribution in [2.24, 2.45) is 5.92 Å². The summed E-state index contributed by atoms with van der Waals surface area (Å²) in [5.41, 5.74) is 0. The second kappa shape index (κ2) is 3.58. The first-order valence-electron chi connectivity index (χ1n) is 3.43. The molecule has 11 heavy (non-hydrogen) atoms. The molecule has 1 heterocycles. The molecule has 2 unspecified atom stereocenters. The number of carbonyl (C=O) groups excluding carboxylic acids is 1. The monoisotopic (exact) mass is 177 g/mol. The van der Waals surface area contributed by atoms with Crippen molar-refractivity contribution < 1.29 is 61.3 Å². The third-order valence-electron chi connectivity index (χ3n) is 2.22. The molecule has 2 bridgehead atoms. The topological polar surface area (TPSA) is 43.4 Å². The van der Waals surface area contributed by atoms with E-state index in [2.05, 4.69) is 6.08 Å². The standard InChI is InChI=1S/C7H9NO2.K/c9-7(10)8-4-5-1-2-6(8)3-5;/h1-2,5-6H,3-4H2,(H,9,10);/q;+1/p-1. The van der Waals surface area contributed by atoms with E-state index in [1.54, 1.807) is 0 Å². The van der Waals surface area contributed by atoms with E-state index in [1.807, 2.05) is 6.08 Å². The fourth-order valence-corrected chi connectivity index (χ4v) is 1.72. The summed E-state index contributed by atoms with van der Waals surface area (Å²) < 4.78 is 0. The summed E-state index contributed by atoms with van der Waals surface area (Å²) in [5.74, 6) is 0.461. The van der Waals surface area contributed by atoms with Crippen molar-refractivity contribution in [3.8, 4) is 0 Å². The van der Waals surface area contributed by atoms with Gasteiger partial charge in [-0.25, -0.2) is 0 Å². The first-order chi connectivity index (χ1) is 4.77. The Bertz CT molecular complexity index is 205. The van der Waals surface area contributed by atoms with Crippen LogP contribution in [-0.2, 0) is 0 Å². The Labute approximate surface area is 108 Å².